The van der Waals surface area contributed by atoms with E-state index in [0.29, 0.717) is 5.56 Å². The molecule has 0 unspecified atom stereocenters. The molecule has 3 aromatic rings. The van der Waals surface area contributed by atoms with Gasteiger partial charge in [0.25, 0.3) is 5.91 Å². The fourth-order valence-electron chi connectivity index (χ4n) is 6.42. The lowest BCUT2D eigenvalue weighted by molar-refractivity contribution is 0.0775. The van der Waals surface area contributed by atoms with Crippen LogP contribution in [0.5, 0.6) is 5.75 Å². The number of anilines is 1. The van der Waals surface area contributed by atoms with Gasteiger partial charge in [-0.25, -0.2) is 4.39 Å². The van der Waals surface area contributed by atoms with Crippen molar-refractivity contribution in [2.45, 2.75) is 57.9 Å². The number of hydrogen-bond donors (Lipinski definition) is 0. The maximum absolute atomic E-state index is 13.2. The van der Waals surface area contributed by atoms with E-state index < -0.39 is 0 Å². The van der Waals surface area contributed by atoms with Crippen molar-refractivity contribution in [3.05, 3.63) is 65.5 Å². The van der Waals surface area contributed by atoms with Crippen LogP contribution in [0.4, 0.5) is 15.8 Å². The monoisotopic (exact) mass is 556 g/mol. The molecule has 216 valence electrons. The number of fused-ring (bicyclic) bond motifs is 3. The minimum absolute atomic E-state index is 0.101. The molecule has 3 aliphatic rings. The lowest BCUT2D eigenvalue weighted by atomic mass is 10.0. The zero-order chi connectivity index (χ0) is 28.2. The maximum Gasteiger partial charge on any atom is 0.256 e. The molecule has 3 aliphatic heterocycles. The lowest BCUT2D eigenvalue weighted by Crippen LogP contribution is -2.46. The predicted octanol–water partition coefficient (Wildman–Crippen LogP) is 6.76. The summed E-state index contributed by atoms with van der Waals surface area (Å²) in [7, 11) is 0. The summed E-state index contributed by atoms with van der Waals surface area (Å²) in [5.41, 5.74) is 3.69. The molecule has 0 N–H and O–H groups in total. The summed E-state index contributed by atoms with van der Waals surface area (Å²) in [4.78, 5) is 24.7. The summed E-state index contributed by atoms with van der Waals surface area (Å²) >= 11 is 0. The second kappa shape index (κ2) is 12.6. The highest BCUT2D eigenvalue weighted by molar-refractivity contribution is 6.06. The number of hydrogen-bond acceptors (Lipinski definition) is 5. The summed E-state index contributed by atoms with van der Waals surface area (Å²) < 4.78 is 19.4. The second-order valence-electron chi connectivity index (χ2n) is 11.7. The van der Waals surface area contributed by atoms with Crippen molar-refractivity contribution in [1.82, 2.24) is 9.80 Å². The van der Waals surface area contributed by atoms with Crippen LogP contribution in [0, 0.1) is 12.7 Å². The Morgan fingerprint density at radius 2 is 1.66 bits per heavy atom. The van der Waals surface area contributed by atoms with E-state index in [9.17, 15) is 9.18 Å². The van der Waals surface area contributed by atoms with E-state index in [-0.39, 0.29) is 17.8 Å². The Kier molecular flexibility index (Phi) is 8.51. The van der Waals surface area contributed by atoms with E-state index in [2.05, 4.69) is 28.9 Å². The minimum atomic E-state index is -0.175. The molecular formula is C34H41FN4O2. The number of piperazine rings is 1. The number of aliphatic imine (C=N–C) groups is 1. The van der Waals surface area contributed by atoms with Crippen molar-refractivity contribution in [2.24, 2.45) is 4.99 Å². The fraction of sp³-hybridized carbons (Fsp3) is 0.471. The highest BCUT2D eigenvalue weighted by atomic mass is 19.1. The first kappa shape index (κ1) is 27.7. The molecule has 0 saturated carbocycles. The molecule has 1 atom stereocenters. The fourth-order valence-corrected chi connectivity index (χ4v) is 6.42. The minimum Gasteiger partial charge on any atom is -0.493 e. The summed E-state index contributed by atoms with van der Waals surface area (Å²) in [5, 5.41) is 2.13. The third-order valence-electron chi connectivity index (χ3n) is 8.87. The first-order chi connectivity index (χ1) is 20.0. The van der Waals surface area contributed by atoms with E-state index in [0.717, 1.165) is 98.6 Å². The lowest BCUT2D eigenvalue weighted by Gasteiger charge is -2.36. The predicted molar refractivity (Wildman–Crippen MR) is 165 cm³/mol. The summed E-state index contributed by atoms with van der Waals surface area (Å²) in [6.45, 7) is 8.92. The molecule has 0 radical (unpaired) electrons. The van der Waals surface area contributed by atoms with Crippen LogP contribution < -0.4 is 9.64 Å². The SMILES string of the molecule is Cc1cc2cc3c(cc2cc1OCCCCCCCN1CCN(c2ccc(F)cc2)CC1)N=C[C@@H]1CCCN1C3=O. The van der Waals surface area contributed by atoms with Gasteiger partial charge in [-0.15, -0.1) is 0 Å². The van der Waals surface area contributed by atoms with Gasteiger partial charge >= 0.3 is 0 Å². The summed E-state index contributed by atoms with van der Waals surface area (Å²) in [5.74, 6) is 0.845. The molecule has 3 aromatic carbocycles. The largest absolute Gasteiger partial charge is 0.493 e. The van der Waals surface area contributed by atoms with E-state index in [1.807, 2.05) is 35.4 Å². The highest BCUT2D eigenvalue weighted by Crippen LogP contribution is 2.35. The van der Waals surface area contributed by atoms with Crippen molar-refractivity contribution >= 4 is 34.3 Å². The van der Waals surface area contributed by atoms with Gasteiger partial charge in [0, 0.05) is 44.6 Å². The first-order valence-electron chi connectivity index (χ1n) is 15.3. The number of ether oxygens (including phenoxy) is 1. The number of nitrogens with zero attached hydrogens (tertiary/aromatic N) is 4. The number of amides is 1. The van der Waals surface area contributed by atoms with Crippen LogP contribution in [0.25, 0.3) is 10.8 Å². The van der Waals surface area contributed by atoms with Gasteiger partial charge in [0.15, 0.2) is 0 Å². The smallest absolute Gasteiger partial charge is 0.256 e. The van der Waals surface area contributed by atoms with Crippen LogP contribution in [0.15, 0.2) is 53.5 Å². The van der Waals surface area contributed by atoms with Gasteiger partial charge in [-0.05, 0) is 104 Å². The number of rotatable bonds is 10. The van der Waals surface area contributed by atoms with Gasteiger partial charge in [0.2, 0.25) is 0 Å². The molecule has 2 saturated heterocycles. The number of halogens is 1. The zero-order valence-corrected chi connectivity index (χ0v) is 24.2. The maximum atomic E-state index is 13.2. The number of aryl methyl sites for hydroxylation is 1. The van der Waals surface area contributed by atoms with Crippen LogP contribution in [0.1, 0.15) is 60.9 Å². The van der Waals surface area contributed by atoms with Gasteiger partial charge in [0.1, 0.15) is 11.6 Å². The van der Waals surface area contributed by atoms with E-state index in [1.54, 1.807) is 12.1 Å². The first-order valence-corrected chi connectivity index (χ1v) is 15.3. The Balaban J connectivity index is 0.914. The number of benzene rings is 3. The Hall–Kier alpha value is -3.45. The average molecular weight is 557 g/mol. The van der Waals surface area contributed by atoms with Crippen LogP contribution in [-0.2, 0) is 0 Å². The van der Waals surface area contributed by atoms with E-state index in [4.69, 9.17) is 9.73 Å². The van der Waals surface area contributed by atoms with Gasteiger partial charge in [-0.2, -0.15) is 0 Å². The third-order valence-corrected chi connectivity index (χ3v) is 8.87. The molecule has 0 aliphatic carbocycles. The quantitative estimate of drug-likeness (QED) is 0.259. The molecular weight excluding hydrogens is 515 g/mol. The molecule has 0 spiro atoms. The standard InChI is InChI=1S/C34H41FN4O2/c1-25-20-26-21-31-32(36-24-30-8-7-14-39(30)34(31)40)22-27(26)23-33(25)41-19-6-4-2-3-5-13-37-15-17-38(18-16-37)29-11-9-28(35)10-12-29/h9-12,20-24,30H,2-8,13-19H2,1H3/t30-/m0/s1. The van der Waals surface area contributed by atoms with E-state index in [1.165, 1.54) is 25.7 Å². The van der Waals surface area contributed by atoms with Crippen LogP contribution in [-0.4, -0.2) is 73.8 Å². The molecule has 41 heavy (non-hydrogen) atoms. The molecule has 1 amide bonds. The van der Waals surface area contributed by atoms with Crippen molar-refractivity contribution in [3.63, 3.8) is 0 Å². The van der Waals surface area contributed by atoms with Gasteiger partial charge < -0.3 is 14.5 Å². The van der Waals surface area contributed by atoms with Gasteiger partial charge in [-0.1, -0.05) is 19.3 Å². The number of carbonyl (C=O) groups is 1. The Bertz CT molecular complexity index is 1400. The molecule has 6 nitrogen and oxygen atoms in total. The van der Waals surface area contributed by atoms with Crippen molar-refractivity contribution in [2.75, 3.05) is 50.8 Å². The van der Waals surface area contributed by atoms with Crippen LogP contribution in [0.3, 0.4) is 0 Å². The van der Waals surface area contributed by atoms with Crippen LogP contribution in [0.2, 0.25) is 0 Å². The Labute approximate surface area is 242 Å². The summed E-state index contributed by atoms with van der Waals surface area (Å²) in [6, 6.07) is 15.3. The third kappa shape index (κ3) is 6.40. The molecule has 6 rings (SSSR count). The Morgan fingerprint density at radius 3 is 2.49 bits per heavy atom. The average Bonchev–Trinajstić information content (AvgIpc) is 3.42. The van der Waals surface area contributed by atoms with E-state index >= 15 is 0 Å². The molecule has 0 aromatic heterocycles. The van der Waals surface area contributed by atoms with Crippen molar-refractivity contribution < 1.29 is 13.9 Å². The number of unbranched alkanes of at least 4 members (excludes halogenated alkanes) is 4. The van der Waals surface area contributed by atoms with Crippen molar-refractivity contribution in [3.8, 4) is 5.75 Å². The zero-order valence-electron chi connectivity index (χ0n) is 24.2. The second-order valence-corrected chi connectivity index (χ2v) is 11.7. The molecule has 2 fully saturated rings. The molecule has 3 heterocycles. The molecule has 7 heteroatoms. The Morgan fingerprint density at radius 1 is 0.902 bits per heavy atom. The highest BCUT2D eigenvalue weighted by Gasteiger charge is 2.31. The van der Waals surface area contributed by atoms with Crippen molar-refractivity contribution in [1.29, 1.82) is 0 Å². The molecule has 0 bridgehead atoms. The number of carbonyl (C=O) groups excluding carboxylic acids is 1. The summed E-state index contributed by atoms with van der Waals surface area (Å²) in [6.07, 6.45) is 9.92. The topological polar surface area (TPSA) is 48.4 Å². The normalized spacial score (nSPS) is 19.0. The van der Waals surface area contributed by atoms with Gasteiger partial charge in [-0.3, -0.25) is 14.7 Å². The van der Waals surface area contributed by atoms with Gasteiger partial charge in [0.05, 0.1) is 23.9 Å². The van der Waals surface area contributed by atoms with Crippen LogP contribution >= 0.6 is 0 Å².